The summed E-state index contributed by atoms with van der Waals surface area (Å²) in [7, 11) is 1.57. The third-order valence-electron chi connectivity index (χ3n) is 4.14. The minimum atomic E-state index is -0.221. The molecule has 0 atom stereocenters. The first-order valence-corrected chi connectivity index (χ1v) is 8.17. The Balaban J connectivity index is 1.63. The van der Waals surface area contributed by atoms with E-state index in [9.17, 15) is 4.79 Å². The van der Waals surface area contributed by atoms with Crippen molar-refractivity contribution in [2.24, 2.45) is 0 Å². The Morgan fingerprint density at radius 2 is 1.50 bits per heavy atom. The summed E-state index contributed by atoms with van der Waals surface area (Å²) in [6, 6.07) is 22.7. The third-order valence-corrected chi connectivity index (χ3v) is 4.14. The fourth-order valence-corrected chi connectivity index (χ4v) is 2.76. The fraction of sp³-hybridized carbons (Fsp3) is 0.0455. The molecule has 4 rings (SSSR count). The fourth-order valence-electron chi connectivity index (χ4n) is 2.76. The molecule has 0 saturated heterocycles. The van der Waals surface area contributed by atoms with E-state index in [0.29, 0.717) is 22.5 Å². The highest BCUT2D eigenvalue weighted by Crippen LogP contribution is 2.26. The first-order chi connectivity index (χ1) is 12.7. The van der Waals surface area contributed by atoms with Crippen LogP contribution < -0.4 is 14.9 Å². The van der Waals surface area contributed by atoms with Crippen molar-refractivity contribution in [2.45, 2.75) is 0 Å². The molecule has 0 aliphatic heterocycles. The molecule has 4 heteroatoms. The SMILES string of the molecule is COc1ccc2c(=O)c(Oc3ccc(-c4ccccc4)cc3)coc2c1. The van der Waals surface area contributed by atoms with E-state index in [-0.39, 0.29) is 11.2 Å². The number of benzene rings is 3. The molecule has 128 valence electrons. The lowest BCUT2D eigenvalue weighted by Crippen LogP contribution is -2.04. The summed E-state index contributed by atoms with van der Waals surface area (Å²) in [5.41, 5.74) is 2.44. The first kappa shape index (κ1) is 16.0. The van der Waals surface area contributed by atoms with Crippen molar-refractivity contribution in [3.63, 3.8) is 0 Å². The van der Waals surface area contributed by atoms with Gasteiger partial charge in [-0.3, -0.25) is 4.79 Å². The monoisotopic (exact) mass is 344 g/mol. The van der Waals surface area contributed by atoms with Crippen LogP contribution in [0.15, 0.2) is 88.3 Å². The van der Waals surface area contributed by atoms with Gasteiger partial charge in [-0.05, 0) is 35.4 Å². The van der Waals surface area contributed by atoms with E-state index >= 15 is 0 Å². The van der Waals surface area contributed by atoms with Gasteiger partial charge in [0.1, 0.15) is 23.3 Å². The van der Waals surface area contributed by atoms with Crippen molar-refractivity contribution in [1.29, 1.82) is 0 Å². The highest BCUT2D eigenvalue weighted by molar-refractivity contribution is 5.79. The van der Waals surface area contributed by atoms with E-state index in [1.54, 1.807) is 25.3 Å². The quantitative estimate of drug-likeness (QED) is 0.506. The van der Waals surface area contributed by atoms with Crippen LogP contribution >= 0.6 is 0 Å². The Labute approximate surface area is 150 Å². The molecule has 0 spiro atoms. The van der Waals surface area contributed by atoms with Gasteiger partial charge in [0, 0.05) is 6.07 Å². The summed E-state index contributed by atoms with van der Waals surface area (Å²) in [6.45, 7) is 0. The van der Waals surface area contributed by atoms with Crippen molar-refractivity contribution < 1.29 is 13.9 Å². The van der Waals surface area contributed by atoms with Crippen LogP contribution in [-0.2, 0) is 0 Å². The van der Waals surface area contributed by atoms with Gasteiger partial charge in [0.15, 0.2) is 0 Å². The molecule has 1 aromatic heterocycles. The Morgan fingerprint density at radius 1 is 0.808 bits per heavy atom. The average molecular weight is 344 g/mol. The maximum Gasteiger partial charge on any atom is 0.235 e. The molecular weight excluding hydrogens is 328 g/mol. The molecule has 4 aromatic rings. The summed E-state index contributed by atoms with van der Waals surface area (Å²) in [4.78, 5) is 12.6. The molecular formula is C22H16O4. The number of hydrogen-bond donors (Lipinski definition) is 0. The highest BCUT2D eigenvalue weighted by atomic mass is 16.5. The zero-order chi connectivity index (χ0) is 17.9. The molecule has 0 bridgehead atoms. The standard InChI is InChI=1S/C22H16O4/c1-24-18-11-12-19-20(13-18)25-14-21(22(19)23)26-17-9-7-16(8-10-17)15-5-3-2-4-6-15/h2-14H,1H3. The lowest BCUT2D eigenvalue weighted by atomic mass is 10.1. The maximum absolute atomic E-state index is 12.6. The molecule has 3 aromatic carbocycles. The van der Waals surface area contributed by atoms with E-state index in [4.69, 9.17) is 13.9 Å². The van der Waals surface area contributed by atoms with Crippen molar-refractivity contribution in [1.82, 2.24) is 0 Å². The molecule has 0 N–H and O–H groups in total. The van der Waals surface area contributed by atoms with E-state index in [1.165, 1.54) is 6.26 Å². The van der Waals surface area contributed by atoms with Gasteiger partial charge in [0.25, 0.3) is 0 Å². The molecule has 0 saturated carbocycles. The highest BCUT2D eigenvalue weighted by Gasteiger charge is 2.10. The Bertz CT molecular complexity index is 1100. The Morgan fingerprint density at radius 3 is 2.23 bits per heavy atom. The van der Waals surface area contributed by atoms with Gasteiger partial charge in [-0.25, -0.2) is 0 Å². The molecule has 0 aliphatic carbocycles. The lowest BCUT2D eigenvalue weighted by Gasteiger charge is -2.07. The summed E-state index contributed by atoms with van der Waals surface area (Å²) >= 11 is 0. The second kappa shape index (κ2) is 6.76. The van der Waals surface area contributed by atoms with Crippen LogP contribution in [0.4, 0.5) is 0 Å². The van der Waals surface area contributed by atoms with Gasteiger partial charge in [-0.15, -0.1) is 0 Å². The van der Waals surface area contributed by atoms with Gasteiger partial charge in [0.2, 0.25) is 11.2 Å². The predicted molar refractivity (Wildman–Crippen MR) is 101 cm³/mol. The zero-order valence-electron chi connectivity index (χ0n) is 14.1. The minimum absolute atomic E-state index is 0.148. The normalized spacial score (nSPS) is 10.7. The van der Waals surface area contributed by atoms with Crippen LogP contribution in [0.3, 0.4) is 0 Å². The summed E-state index contributed by atoms with van der Waals surface area (Å²) < 4.78 is 16.4. The largest absolute Gasteiger partial charge is 0.497 e. The van der Waals surface area contributed by atoms with Crippen LogP contribution in [-0.4, -0.2) is 7.11 Å². The van der Waals surface area contributed by atoms with Gasteiger partial charge < -0.3 is 13.9 Å². The van der Waals surface area contributed by atoms with Gasteiger partial charge in [0.05, 0.1) is 12.5 Å². The van der Waals surface area contributed by atoms with Crippen molar-refractivity contribution in [3.8, 4) is 28.4 Å². The minimum Gasteiger partial charge on any atom is -0.497 e. The van der Waals surface area contributed by atoms with E-state index < -0.39 is 0 Å². The smallest absolute Gasteiger partial charge is 0.235 e. The zero-order valence-corrected chi connectivity index (χ0v) is 14.1. The molecule has 0 unspecified atom stereocenters. The number of ether oxygens (including phenoxy) is 2. The molecule has 0 aliphatic rings. The summed E-state index contributed by atoms with van der Waals surface area (Å²) in [5.74, 6) is 1.35. The molecule has 4 nitrogen and oxygen atoms in total. The van der Waals surface area contributed by atoms with Crippen LogP contribution in [0.1, 0.15) is 0 Å². The second-order valence-electron chi connectivity index (χ2n) is 5.78. The maximum atomic E-state index is 12.6. The van der Waals surface area contributed by atoms with E-state index in [2.05, 4.69) is 0 Å². The van der Waals surface area contributed by atoms with E-state index in [0.717, 1.165) is 11.1 Å². The number of methoxy groups -OCH3 is 1. The van der Waals surface area contributed by atoms with Crippen molar-refractivity contribution in [2.75, 3.05) is 7.11 Å². The van der Waals surface area contributed by atoms with Gasteiger partial charge >= 0.3 is 0 Å². The predicted octanol–water partition coefficient (Wildman–Crippen LogP) is 5.26. The molecule has 0 radical (unpaired) electrons. The first-order valence-electron chi connectivity index (χ1n) is 8.17. The summed E-state index contributed by atoms with van der Waals surface area (Å²) in [6.07, 6.45) is 1.33. The van der Waals surface area contributed by atoms with Gasteiger partial charge in [-0.1, -0.05) is 42.5 Å². The lowest BCUT2D eigenvalue weighted by molar-refractivity contribution is 0.413. The van der Waals surface area contributed by atoms with Crippen LogP contribution in [0.2, 0.25) is 0 Å². The molecule has 1 heterocycles. The molecule has 26 heavy (non-hydrogen) atoms. The third kappa shape index (κ3) is 3.05. The van der Waals surface area contributed by atoms with Crippen molar-refractivity contribution in [3.05, 3.63) is 89.3 Å². The van der Waals surface area contributed by atoms with Crippen LogP contribution in [0, 0.1) is 0 Å². The summed E-state index contributed by atoms with van der Waals surface area (Å²) in [5, 5.41) is 0.448. The Kier molecular flexibility index (Phi) is 4.15. The van der Waals surface area contributed by atoms with Gasteiger partial charge in [-0.2, -0.15) is 0 Å². The molecule has 0 amide bonds. The van der Waals surface area contributed by atoms with Crippen molar-refractivity contribution >= 4 is 11.0 Å². The number of hydrogen-bond acceptors (Lipinski definition) is 4. The Hall–Kier alpha value is -3.53. The second-order valence-corrected chi connectivity index (χ2v) is 5.78. The number of rotatable bonds is 4. The van der Waals surface area contributed by atoms with Crippen LogP contribution in [0.25, 0.3) is 22.1 Å². The number of fused-ring (bicyclic) bond motifs is 1. The topological polar surface area (TPSA) is 48.7 Å². The van der Waals surface area contributed by atoms with E-state index in [1.807, 2.05) is 54.6 Å². The molecule has 0 fully saturated rings. The average Bonchev–Trinajstić information content (AvgIpc) is 2.71. The van der Waals surface area contributed by atoms with Crippen LogP contribution in [0.5, 0.6) is 17.2 Å².